The highest BCUT2D eigenvalue weighted by molar-refractivity contribution is 7.89. The standard InChI is InChI=1S/C23H30N2O5S/c1-17(21-10-6-7-11-22(21)29-2)24-23(26)16-30-19-12-14-20(15-13-19)31(27,28)25-18-8-4-3-5-9-18/h6-7,10-15,17-18,25H,3-5,8-9,16H2,1-2H3,(H,24,26). The zero-order valence-corrected chi connectivity index (χ0v) is 18.8. The second-order valence-electron chi connectivity index (χ2n) is 7.75. The van der Waals surface area contributed by atoms with Gasteiger partial charge in [0.1, 0.15) is 11.5 Å². The number of carbonyl (C=O) groups excluding carboxylic acids is 1. The highest BCUT2D eigenvalue weighted by Gasteiger charge is 2.22. The van der Waals surface area contributed by atoms with Gasteiger partial charge in [-0.2, -0.15) is 0 Å². The lowest BCUT2D eigenvalue weighted by Crippen LogP contribution is -2.36. The Morgan fingerprint density at radius 1 is 1.06 bits per heavy atom. The molecule has 1 fully saturated rings. The molecule has 1 saturated carbocycles. The molecule has 0 heterocycles. The van der Waals surface area contributed by atoms with Gasteiger partial charge in [-0.1, -0.05) is 37.5 Å². The number of rotatable bonds is 9. The summed E-state index contributed by atoms with van der Waals surface area (Å²) in [5.41, 5.74) is 0.873. The van der Waals surface area contributed by atoms with Crippen molar-refractivity contribution in [1.82, 2.24) is 10.0 Å². The molecule has 7 nitrogen and oxygen atoms in total. The van der Waals surface area contributed by atoms with Crippen LogP contribution in [-0.2, 0) is 14.8 Å². The molecule has 1 atom stereocenters. The van der Waals surface area contributed by atoms with Crippen molar-refractivity contribution in [3.63, 3.8) is 0 Å². The van der Waals surface area contributed by atoms with E-state index in [9.17, 15) is 13.2 Å². The lowest BCUT2D eigenvalue weighted by molar-refractivity contribution is -0.123. The van der Waals surface area contributed by atoms with Crippen LogP contribution in [-0.4, -0.2) is 34.1 Å². The zero-order valence-electron chi connectivity index (χ0n) is 18.0. The van der Waals surface area contributed by atoms with Crippen LogP contribution in [0.1, 0.15) is 50.6 Å². The van der Waals surface area contributed by atoms with Gasteiger partial charge in [-0.05, 0) is 50.1 Å². The van der Waals surface area contributed by atoms with Crippen LogP contribution in [0.25, 0.3) is 0 Å². The summed E-state index contributed by atoms with van der Waals surface area (Å²) in [6, 6.07) is 13.4. The van der Waals surface area contributed by atoms with Crippen molar-refractivity contribution in [3.8, 4) is 11.5 Å². The molecule has 0 radical (unpaired) electrons. The summed E-state index contributed by atoms with van der Waals surface area (Å²) in [5.74, 6) is 0.848. The predicted molar refractivity (Wildman–Crippen MR) is 119 cm³/mol. The number of hydrogen-bond acceptors (Lipinski definition) is 5. The molecule has 1 unspecified atom stereocenters. The van der Waals surface area contributed by atoms with Gasteiger partial charge in [0.05, 0.1) is 18.0 Å². The molecule has 1 aliphatic carbocycles. The first-order valence-electron chi connectivity index (χ1n) is 10.6. The van der Waals surface area contributed by atoms with Gasteiger partial charge in [0.25, 0.3) is 5.91 Å². The number of sulfonamides is 1. The Bertz CT molecular complexity index is 970. The molecule has 1 amide bonds. The third-order valence-corrected chi connectivity index (χ3v) is 6.95. The summed E-state index contributed by atoms with van der Waals surface area (Å²) in [4.78, 5) is 12.5. The Morgan fingerprint density at radius 3 is 2.42 bits per heavy atom. The second-order valence-corrected chi connectivity index (χ2v) is 9.46. The van der Waals surface area contributed by atoms with Crippen LogP contribution in [0.5, 0.6) is 11.5 Å². The number of amides is 1. The van der Waals surface area contributed by atoms with Crippen molar-refractivity contribution in [1.29, 1.82) is 0 Å². The van der Waals surface area contributed by atoms with E-state index in [2.05, 4.69) is 10.0 Å². The van der Waals surface area contributed by atoms with E-state index in [0.29, 0.717) is 11.5 Å². The number of carbonyl (C=O) groups is 1. The van der Waals surface area contributed by atoms with Crippen LogP contribution >= 0.6 is 0 Å². The highest BCUT2D eigenvalue weighted by Crippen LogP contribution is 2.24. The van der Waals surface area contributed by atoms with Crippen LogP contribution in [0, 0.1) is 0 Å². The number of benzene rings is 2. The molecule has 0 aromatic heterocycles. The van der Waals surface area contributed by atoms with Crippen molar-refractivity contribution < 1.29 is 22.7 Å². The average molecular weight is 447 g/mol. The Morgan fingerprint density at radius 2 is 1.74 bits per heavy atom. The SMILES string of the molecule is COc1ccccc1C(C)NC(=O)COc1ccc(S(=O)(=O)NC2CCCCC2)cc1. The summed E-state index contributed by atoms with van der Waals surface area (Å²) in [5, 5.41) is 2.87. The fraction of sp³-hybridized carbons (Fsp3) is 0.435. The fourth-order valence-corrected chi connectivity index (χ4v) is 5.06. The smallest absolute Gasteiger partial charge is 0.258 e. The lowest BCUT2D eigenvalue weighted by Gasteiger charge is -2.22. The molecule has 168 valence electrons. The first kappa shape index (κ1) is 23.1. The van der Waals surface area contributed by atoms with Crippen LogP contribution in [0.15, 0.2) is 53.4 Å². The third kappa shape index (κ3) is 6.45. The largest absolute Gasteiger partial charge is 0.496 e. The minimum absolute atomic E-state index is 0.00333. The molecule has 1 aliphatic rings. The average Bonchev–Trinajstić information content (AvgIpc) is 2.78. The molecule has 31 heavy (non-hydrogen) atoms. The summed E-state index contributed by atoms with van der Waals surface area (Å²) in [6.07, 6.45) is 5.02. The van der Waals surface area contributed by atoms with Gasteiger partial charge in [0.15, 0.2) is 6.61 Å². The Hall–Kier alpha value is -2.58. The number of ether oxygens (including phenoxy) is 2. The van der Waals surface area contributed by atoms with Gasteiger partial charge in [-0.3, -0.25) is 4.79 Å². The molecule has 8 heteroatoms. The molecular formula is C23H30N2O5S. The topological polar surface area (TPSA) is 93.7 Å². The maximum Gasteiger partial charge on any atom is 0.258 e. The monoisotopic (exact) mass is 446 g/mol. The number of para-hydroxylation sites is 1. The second kappa shape index (κ2) is 10.6. The Labute approximate surface area is 184 Å². The fourth-order valence-electron chi connectivity index (χ4n) is 3.76. The van der Waals surface area contributed by atoms with Crippen LogP contribution in [0.4, 0.5) is 0 Å². The lowest BCUT2D eigenvalue weighted by atomic mass is 9.96. The van der Waals surface area contributed by atoms with E-state index in [0.717, 1.165) is 37.7 Å². The quantitative estimate of drug-likeness (QED) is 0.614. The molecule has 2 aromatic carbocycles. The van der Waals surface area contributed by atoms with Crippen molar-refractivity contribution in [2.45, 2.75) is 56.0 Å². The molecule has 0 bridgehead atoms. The zero-order chi connectivity index (χ0) is 22.3. The van der Waals surface area contributed by atoms with Gasteiger partial charge < -0.3 is 14.8 Å². The molecule has 0 spiro atoms. The molecule has 2 aromatic rings. The van der Waals surface area contributed by atoms with E-state index in [4.69, 9.17) is 9.47 Å². The summed E-state index contributed by atoms with van der Waals surface area (Å²) >= 11 is 0. The molecular weight excluding hydrogens is 416 g/mol. The maximum absolute atomic E-state index is 12.6. The van der Waals surface area contributed by atoms with E-state index in [-0.39, 0.29) is 29.5 Å². The van der Waals surface area contributed by atoms with E-state index < -0.39 is 10.0 Å². The Balaban J connectivity index is 1.52. The van der Waals surface area contributed by atoms with Crippen LogP contribution in [0.2, 0.25) is 0 Å². The number of nitrogens with one attached hydrogen (secondary N) is 2. The first-order chi connectivity index (χ1) is 14.9. The van der Waals surface area contributed by atoms with Crippen LogP contribution < -0.4 is 19.5 Å². The van der Waals surface area contributed by atoms with Crippen molar-refractivity contribution >= 4 is 15.9 Å². The minimum atomic E-state index is -3.56. The molecule has 0 aliphatic heterocycles. The Kier molecular flexibility index (Phi) is 7.92. The number of methoxy groups -OCH3 is 1. The molecule has 0 saturated heterocycles. The normalized spacial score (nSPS) is 15.8. The summed E-state index contributed by atoms with van der Waals surface area (Å²) in [6.45, 7) is 1.70. The van der Waals surface area contributed by atoms with Crippen molar-refractivity contribution in [3.05, 3.63) is 54.1 Å². The van der Waals surface area contributed by atoms with Crippen molar-refractivity contribution in [2.24, 2.45) is 0 Å². The summed E-state index contributed by atoms with van der Waals surface area (Å²) in [7, 11) is -1.97. The third-order valence-electron chi connectivity index (χ3n) is 5.41. The first-order valence-corrected chi connectivity index (χ1v) is 12.0. The van der Waals surface area contributed by atoms with Crippen molar-refractivity contribution in [2.75, 3.05) is 13.7 Å². The van der Waals surface area contributed by atoms with Gasteiger partial charge in [-0.25, -0.2) is 13.1 Å². The van der Waals surface area contributed by atoms with Gasteiger partial charge in [0, 0.05) is 11.6 Å². The predicted octanol–water partition coefficient (Wildman–Crippen LogP) is 3.56. The van der Waals surface area contributed by atoms with Gasteiger partial charge in [0.2, 0.25) is 10.0 Å². The van der Waals surface area contributed by atoms with E-state index in [1.165, 1.54) is 12.1 Å². The maximum atomic E-state index is 12.6. The molecule has 2 N–H and O–H groups in total. The van der Waals surface area contributed by atoms with E-state index >= 15 is 0 Å². The van der Waals surface area contributed by atoms with Gasteiger partial charge >= 0.3 is 0 Å². The summed E-state index contributed by atoms with van der Waals surface area (Å²) < 4.78 is 38.8. The van der Waals surface area contributed by atoms with Crippen LogP contribution in [0.3, 0.4) is 0 Å². The van der Waals surface area contributed by atoms with E-state index in [1.54, 1.807) is 19.2 Å². The number of hydrogen-bond donors (Lipinski definition) is 2. The van der Waals surface area contributed by atoms with E-state index in [1.807, 2.05) is 31.2 Å². The molecule has 3 rings (SSSR count). The highest BCUT2D eigenvalue weighted by atomic mass is 32.2. The minimum Gasteiger partial charge on any atom is -0.496 e. The van der Waals surface area contributed by atoms with Gasteiger partial charge in [-0.15, -0.1) is 0 Å².